The number of fused-ring (bicyclic) bond motifs is 2. The quantitative estimate of drug-likeness (QED) is 0.113. The number of ether oxygens (including phenoxy) is 2. The van der Waals surface area contributed by atoms with Gasteiger partial charge in [-0.05, 0) is 43.7 Å². The van der Waals surface area contributed by atoms with Crippen molar-refractivity contribution in [3.05, 3.63) is 83.1 Å². The molecule has 9 nitrogen and oxygen atoms in total. The molecule has 2 heterocycles. The molecule has 1 N–H and O–H groups in total. The summed E-state index contributed by atoms with van der Waals surface area (Å²) in [6.45, 7) is 1.11. The Labute approximate surface area is 276 Å². The van der Waals surface area contributed by atoms with Crippen molar-refractivity contribution < 1.29 is 33.4 Å². The van der Waals surface area contributed by atoms with Crippen molar-refractivity contribution in [3.63, 3.8) is 0 Å². The Morgan fingerprint density at radius 1 is 0.909 bits per heavy atom. The van der Waals surface area contributed by atoms with E-state index in [0.717, 1.165) is 29.7 Å². The lowest BCUT2D eigenvalue weighted by Crippen LogP contribution is -2.47. The lowest BCUT2D eigenvalue weighted by atomic mass is 9.95. The smallest absolute Gasteiger partial charge is 0.341 e. The Morgan fingerprint density at radius 2 is 1.52 bits per heavy atom. The van der Waals surface area contributed by atoms with Gasteiger partial charge in [-0.1, -0.05) is 76.7 Å². The van der Waals surface area contributed by atoms with E-state index in [-0.39, 0.29) is 44.2 Å². The van der Waals surface area contributed by atoms with Crippen LogP contribution in [0.3, 0.4) is 0 Å². The maximum atomic E-state index is 13.5. The number of halogens is 4. The number of amides is 3. The van der Waals surface area contributed by atoms with Crippen LogP contribution < -0.4 is 5.32 Å². The average Bonchev–Trinajstić information content (AvgIpc) is 3.50. The van der Waals surface area contributed by atoms with Crippen LogP contribution in [-0.4, -0.2) is 53.8 Å². The minimum Gasteiger partial charge on any atom is -0.462 e. The number of benzene rings is 2. The predicted octanol–water partition coefficient (Wildman–Crippen LogP) is 6.81. The van der Waals surface area contributed by atoms with Crippen molar-refractivity contribution in [2.45, 2.75) is 45.1 Å². The van der Waals surface area contributed by atoms with Gasteiger partial charge in [0.05, 0.1) is 43.4 Å². The topological polar surface area (TPSA) is 119 Å². The SMILES string of the molecule is CCOC(=O)c1c(NC(=O)COC(=O)[C@@H](Cc2ccccc2)N2C(=O)c3c(Cl)c(Cl)c(Cl)c(Cl)c3C2=O)sc2c1CCCC2. The monoisotopic (exact) mass is 696 g/mol. The molecular formula is C30H24Cl4N2O7S. The van der Waals surface area contributed by atoms with Crippen molar-refractivity contribution >= 4 is 92.4 Å². The van der Waals surface area contributed by atoms with Crippen LogP contribution in [0.5, 0.6) is 0 Å². The molecule has 44 heavy (non-hydrogen) atoms. The van der Waals surface area contributed by atoms with E-state index in [0.29, 0.717) is 27.4 Å². The maximum absolute atomic E-state index is 13.5. The van der Waals surface area contributed by atoms with Crippen LogP contribution in [0, 0.1) is 0 Å². The molecule has 1 aliphatic carbocycles. The van der Waals surface area contributed by atoms with Crippen LogP contribution in [0.2, 0.25) is 20.1 Å². The van der Waals surface area contributed by atoms with Gasteiger partial charge in [-0.3, -0.25) is 19.3 Å². The second-order valence-corrected chi connectivity index (χ2v) is 12.6. The Bertz CT molecular complexity index is 1650. The number of esters is 2. The highest BCUT2D eigenvalue weighted by molar-refractivity contribution is 7.17. The Hall–Kier alpha value is -3.15. The molecule has 230 valence electrons. The number of aryl methyl sites for hydroxylation is 1. The first kappa shape index (κ1) is 32.2. The summed E-state index contributed by atoms with van der Waals surface area (Å²) in [5, 5.41) is 2.00. The normalized spacial score (nSPS) is 14.6. The van der Waals surface area contributed by atoms with Gasteiger partial charge in [0.15, 0.2) is 6.61 Å². The number of anilines is 1. The third-order valence-electron chi connectivity index (χ3n) is 7.24. The molecule has 0 saturated heterocycles. The summed E-state index contributed by atoms with van der Waals surface area (Å²) in [5.74, 6) is -4.11. The highest BCUT2D eigenvalue weighted by Gasteiger charge is 2.47. The zero-order chi connectivity index (χ0) is 31.7. The summed E-state index contributed by atoms with van der Waals surface area (Å²) in [6, 6.07) is 7.12. The fraction of sp³-hybridized carbons (Fsp3) is 0.300. The molecule has 2 aliphatic rings. The molecule has 0 unspecified atom stereocenters. The largest absolute Gasteiger partial charge is 0.462 e. The van der Waals surface area contributed by atoms with E-state index in [1.807, 2.05) is 0 Å². The van der Waals surface area contributed by atoms with Crippen molar-refractivity contribution in [3.8, 4) is 0 Å². The summed E-state index contributed by atoms with van der Waals surface area (Å²) < 4.78 is 10.6. The number of carbonyl (C=O) groups is 5. The molecule has 0 radical (unpaired) electrons. The van der Waals surface area contributed by atoms with Gasteiger partial charge in [0.2, 0.25) is 0 Å². The number of carbonyl (C=O) groups excluding carboxylic acids is 5. The lowest BCUT2D eigenvalue weighted by molar-refractivity contribution is -0.151. The molecule has 0 saturated carbocycles. The van der Waals surface area contributed by atoms with E-state index >= 15 is 0 Å². The minimum absolute atomic E-state index is 0.131. The molecule has 3 amide bonds. The van der Waals surface area contributed by atoms with E-state index in [4.69, 9.17) is 55.9 Å². The summed E-state index contributed by atoms with van der Waals surface area (Å²) >= 11 is 26.1. The second kappa shape index (κ2) is 13.5. The molecule has 0 bridgehead atoms. The van der Waals surface area contributed by atoms with Gasteiger partial charge in [0.25, 0.3) is 17.7 Å². The number of thiophene rings is 1. The molecule has 1 aliphatic heterocycles. The molecule has 0 spiro atoms. The maximum Gasteiger partial charge on any atom is 0.341 e. The van der Waals surface area contributed by atoms with Gasteiger partial charge in [-0.25, -0.2) is 9.59 Å². The first-order valence-electron chi connectivity index (χ1n) is 13.6. The van der Waals surface area contributed by atoms with E-state index in [1.54, 1.807) is 37.3 Å². The molecule has 0 fully saturated rings. The molecule has 2 aromatic carbocycles. The van der Waals surface area contributed by atoms with Gasteiger partial charge in [-0.2, -0.15) is 0 Å². The van der Waals surface area contributed by atoms with E-state index in [9.17, 15) is 24.0 Å². The Kier molecular flexibility index (Phi) is 9.86. The summed E-state index contributed by atoms with van der Waals surface area (Å²) in [7, 11) is 0. The number of hydrogen-bond acceptors (Lipinski definition) is 8. The average molecular weight is 698 g/mol. The van der Waals surface area contributed by atoms with Gasteiger partial charge in [0.1, 0.15) is 11.0 Å². The molecule has 1 aromatic heterocycles. The summed E-state index contributed by atoms with van der Waals surface area (Å²) in [6.07, 6.45) is 3.22. The number of hydrogen-bond donors (Lipinski definition) is 1. The minimum atomic E-state index is -1.49. The number of imide groups is 1. The van der Waals surface area contributed by atoms with Gasteiger partial charge in [0, 0.05) is 11.3 Å². The van der Waals surface area contributed by atoms with E-state index < -0.39 is 42.3 Å². The van der Waals surface area contributed by atoms with Gasteiger partial charge in [-0.15, -0.1) is 11.3 Å². The van der Waals surface area contributed by atoms with Crippen molar-refractivity contribution in [2.75, 3.05) is 18.5 Å². The van der Waals surface area contributed by atoms with Crippen LogP contribution in [-0.2, 0) is 38.3 Å². The van der Waals surface area contributed by atoms with Crippen LogP contribution in [0.4, 0.5) is 5.00 Å². The lowest BCUT2D eigenvalue weighted by Gasteiger charge is -2.24. The number of rotatable bonds is 9. The van der Waals surface area contributed by atoms with Crippen molar-refractivity contribution in [1.29, 1.82) is 0 Å². The van der Waals surface area contributed by atoms with Crippen LogP contribution in [0.25, 0.3) is 0 Å². The fourth-order valence-corrected chi connectivity index (χ4v) is 7.54. The molecule has 3 aromatic rings. The van der Waals surface area contributed by atoms with Crippen molar-refractivity contribution in [1.82, 2.24) is 4.90 Å². The molecule has 5 rings (SSSR count). The summed E-state index contributed by atoms with van der Waals surface area (Å²) in [4.78, 5) is 68.0. The second-order valence-electron chi connectivity index (χ2n) is 9.98. The third kappa shape index (κ3) is 6.06. The van der Waals surface area contributed by atoms with Crippen molar-refractivity contribution in [2.24, 2.45) is 0 Å². The third-order valence-corrected chi connectivity index (χ3v) is 10.2. The fourth-order valence-electron chi connectivity index (χ4n) is 5.24. The molecule has 1 atom stereocenters. The first-order chi connectivity index (χ1) is 21.0. The number of nitrogens with one attached hydrogen (secondary N) is 1. The van der Waals surface area contributed by atoms with Gasteiger partial charge >= 0.3 is 11.9 Å². The standard InChI is InChI=1S/C30H24Cl4N2O7S/c1-2-42-30(41)19-15-10-6-7-11-17(15)44-26(19)35-18(37)13-43-29(40)16(12-14-8-4-3-5-9-14)36-27(38)20-21(28(36)39)23(32)25(34)24(33)22(20)31/h3-5,8-9,16H,2,6-7,10-13H2,1H3,(H,35,37)/t16-/m1/s1. The van der Waals surface area contributed by atoms with Crippen LogP contribution >= 0.6 is 57.7 Å². The van der Waals surface area contributed by atoms with E-state index in [2.05, 4.69) is 5.32 Å². The zero-order valence-electron chi connectivity index (χ0n) is 23.1. The van der Waals surface area contributed by atoms with Crippen LogP contribution in [0.1, 0.15) is 66.8 Å². The highest BCUT2D eigenvalue weighted by atomic mass is 35.5. The van der Waals surface area contributed by atoms with E-state index in [1.165, 1.54) is 11.3 Å². The van der Waals surface area contributed by atoms with Crippen LogP contribution in [0.15, 0.2) is 30.3 Å². The summed E-state index contributed by atoms with van der Waals surface area (Å²) in [5.41, 5.74) is 1.20. The Morgan fingerprint density at radius 3 is 2.14 bits per heavy atom. The number of nitrogens with zero attached hydrogens (tertiary/aromatic N) is 1. The molecular weight excluding hydrogens is 674 g/mol. The predicted molar refractivity (Wildman–Crippen MR) is 167 cm³/mol. The zero-order valence-corrected chi connectivity index (χ0v) is 27.0. The Balaban J connectivity index is 1.39. The van der Waals surface area contributed by atoms with Gasteiger partial charge < -0.3 is 14.8 Å². The first-order valence-corrected chi connectivity index (χ1v) is 15.9. The molecule has 14 heteroatoms. The highest BCUT2D eigenvalue weighted by Crippen LogP contribution is 2.45.